The third kappa shape index (κ3) is 2.54. The zero-order valence-corrected chi connectivity index (χ0v) is 11.7. The first kappa shape index (κ1) is 13.0. The summed E-state index contributed by atoms with van der Waals surface area (Å²) in [6.07, 6.45) is 1.15. The summed E-state index contributed by atoms with van der Waals surface area (Å²) in [7, 11) is 0. The van der Waals surface area contributed by atoms with Gasteiger partial charge in [-0.25, -0.2) is 0 Å². The van der Waals surface area contributed by atoms with E-state index < -0.39 is 0 Å². The lowest BCUT2D eigenvalue weighted by Gasteiger charge is -2.16. The van der Waals surface area contributed by atoms with Crippen LogP contribution in [0.5, 0.6) is 0 Å². The third-order valence-electron chi connectivity index (χ3n) is 3.75. The van der Waals surface area contributed by atoms with E-state index in [1.165, 1.54) is 16.5 Å². The van der Waals surface area contributed by atoms with Crippen LogP contribution in [0.1, 0.15) is 37.1 Å². The minimum absolute atomic E-state index is 0.552. The van der Waals surface area contributed by atoms with Gasteiger partial charge in [-0.05, 0) is 44.4 Å². The van der Waals surface area contributed by atoms with Crippen LogP contribution in [0.3, 0.4) is 0 Å². The van der Waals surface area contributed by atoms with Gasteiger partial charge in [0.15, 0.2) is 0 Å². The molecule has 0 radical (unpaired) electrons. The molecular weight excluding hydrogens is 220 g/mol. The second kappa shape index (κ2) is 5.49. The summed E-state index contributed by atoms with van der Waals surface area (Å²) in [5.74, 6) is 0. The molecule has 1 heterocycles. The second-order valence-corrected chi connectivity index (χ2v) is 5.01. The van der Waals surface area contributed by atoms with Crippen molar-refractivity contribution >= 4 is 10.9 Å². The van der Waals surface area contributed by atoms with Crippen LogP contribution in [0.2, 0.25) is 0 Å². The number of benzene rings is 1. The Kier molecular flexibility index (Phi) is 3.97. The average Bonchev–Trinajstić information content (AvgIpc) is 2.39. The number of aryl methyl sites for hydroxylation is 1. The molecule has 2 nitrogen and oxygen atoms in total. The molecule has 1 aromatic carbocycles. The normalized spacial score (nSPS) is 12.9. The number of hydrogen-bond acceptors (Lipinski definition) is 2. The van der Waals surface area contributed by atoms with Gasteiger partial charge in [0.05, 0.1) is 5.52 Å². The van der Waals surface area contributed by atoms with E-state index >= 15 is 0 Å². The van der Waals surface area contributed by atoms with Crippen molar-refractivity contribution < 1.29 is 0 Å². The molecule has 1 atom stereocenters. The van der Waals surface area contributed by atoms with Crippen molar-refractivity contribution in [3.63, 3.8) is 0 Å². The minimum Gasteiger partial charge on any atom is -0.310 e. The number of hydrogen-bond donors (Lipinski definition) is 1. The van der Waals surface area contributed by atoms with Crippen molar-refractivity contribution in [2.75, 3.05) is 0 Å². The molecule has 0 aliphatic rings. The highest BCUT2D eigenvalue weighted by Crippen LogP contribution is 2.22. The van der Waals surface area contributed by atoms with Crippen LogP contribution >= 0.6 is 0 Å². The van der Waals surface area contributed by atoms with Gasteiger partial charge < -0.3 is 5.32 Å². The van der Waals surface area contributed by atoms with Gasteiger partial charge in [0.25, 0.3) is 0 Å². The molecule has 2 rings (SSSR count). The Bertz CT molecular complexity index is 546. The Morgan fingerprint density at radius 3 is 2.67 bits per heavy atom. The van der Waals surface area contributed by atoms with Crippen LogP contribution in [0.15, 0.2) is 24.3 Å². The first-order chi connectivity index (χ1) is 8.63. The number of rotatable bonds is 4. The number of aromatic nitrogens is 1. The molecule has 2 aromatic rings. The van der Waals surface area contributed by atoms with Crippen LogP contribution < -0.4 is 5.32 Å². The van der Waals surface area contributed by atoms with Gasteiger partial charge in [-0.3, -0.25) is 4.98 Å². The predicted octanol–water partition coefficient (Wildman–Crippen LogP) is 3.74. The van der Waals surface area contributed by atoms with E-state index in [2.05, 4.69) is 62.3 Å². The molecule has 0 aliphatic heterocycles. The smallest absolute Gasteiger partial charge is 0.0708 e. The average molecular weight is 242 g/mol. The van der Waals surface area contributed by atoms with Crippen LogP contribution in [-0.4, -0.2) is 11.0 Å². The van der Waals surface area contributed by atoms with E-state index in [4.69, 9.17) is 0 Å². The van der Waals surface area contributed by atoms with E-state index in [1.54, 1.807) is 0 Å². The fourth-order valence-corrected chi connectivity index (χ4v) is 2.16. The highest BCUT2D eigenvalue weighted by molar-refractivity contribution is 5.83. The summed E-state index contributed by atoms with van der Waals surface area (Å²) in [5.41, 5.74) is 4.93. The first-order valence-corrected chi connectivity index (χ1v) is 6.71. The van der Waals surface area contributed by atoms with Crippen LogP contribution in [0.4, 0.5) is 0 Å². The van der Waals surface area contributed by atoms with Gasteiger partial charge in [0, 0.05) is 23.7 Å². The summed E-state index contributed by atoms with van der Waals surface area (Å²) >= 11 is 0. The van der Waals surface area contributed by atoms with Crippen molar-refractivity contribution in [1.29, 1.82) is 0 Å². The molecule has 1 aromatic heterocycles. The summed E-state index contributed by atoms with van der Waals surface area (Å²) in [4.78, 5) is 4.66. The molecule has 0 saturated heterocycles. The number of fused-ring (bicyclic) bond motifs is 1. The Hall–Kier alpha value is -1.41. The zero-order valence-electron chi connectivity index (χ0n) is 11.7. The first-order valence-electron chi connectivity index (χ1n) is 6.71. The molecule has 18 heavy (non-hydrogen) atoms. The van der Waals surface area contributed by atoms with Gasteiger partial charge >= 0.3 is 0 Å². The summed E-state index contributed by atoms with van der Waals surface area (Å²) in [6.45, 7) is 9.62. The standard InChI is InChI=1S/C16H22N2/c1-5-11(2)17-10-15-12(3)13(4)18-16-9-7-6-8-14(15)16/h6-9,11,17H,5,10H2,1-4H3. The topological polar surface area (TPSA) is 24.9 Å². The molecule has 0 saturated carbocycles. The summed E-state index contributed by atoms with van der Waals surface area (Å²) in [5, 5.41) is 4.86. The predicted molar refractivity (Wildman–Crippen MR) is 77.8 cm³/mol. The Balaban J connectivity index is 2.43. The van der Waals surface area contributed by atoms with E-state index in [1.807, 2.05) is 0 Å². The molecule has 0 fully saturated rings. The molecule has 0 bridgehead atoms. The number of nitrogens with one attached hydrogen (secondary N) is 1. The summed E-state index contributed by atoms with van der Waals surface area (Å²) < 4.78 is 0. The zero-order chi connectivity index (χ0) is 13.1. The molecule has 1 N–H and O–H groups in total. The molecular formula is C16H22N2. The molecule has 0 aliphatic carbocycles. The maximum Gasteiger partial charge on any atom is 0.0708 e. The third-order valence-corrected chi connectivity index (χ3v) is 3.75. The lowest BCUT2D eigenvalue weighted by atomic mass is 10.0. The van der Waals surface area contributed by atoms with E-state index in [9.17, 15) is 0 Å². The quantitative estimate of drug-likeness (QED) is 0.883. The Labute approximate surface area is 109 Å². The summed E-state index contributed by atoms with van der Waals surface area (Å²) in [6, 6.07) is 8.95. The maximum atomic E-state index is 4.66. The Morgan fingerprint density at radius 2 is 1.94 bits per heavy atom. The monoisotopic (exact) mass is 242 g/mol. The molecule has 2 heteroatoms. The van der Waals surface area contributed by atoms with E-state index in [-0.39, 0.29) is 0 Å². The van der Waals surface area contributed by atoms with Gasteiger partial charge in [-0.15, -0.1) is 0 Å². The molecule has 0 amide bonds. The minimum atomic E-state index is 0.552. The van der Waals surface area contributed by atoms with E-state index in [0.29, 0.717) is 6.04 Å². The fraction of sp³-hybridized carbons (Fsp3) is 0.438. The van der Waals surface area contributed by atoms with Crippen molar-refractivity contribution in [1.82, 2.24) is 10.3 Å². The van der Waals surface area contributed by atoms with Gasteiger partial charge in [0.1, 0.15) is 0 Å². The number of para-hydroxylation sites is 1. The highest BCUT2D eigenvalue weighted by atomic mass is 14.9. The van der Waals surface area contributed by atoms with Crippen LogP contribution in [0.25, 0.3) is 10.9 Å². The van der Waals surface area contributed by atoms with E-state index in [0.717, 1.165) is 24.2 Å². The number of nitrogens with zero attached hydrogens (tertiary/aromatic N) is 1. The number of pyridine rings is 1. The molecule has 96 valence electrons. The van der Waals surface area contributed by atoms with Gasteiger partial charge in [0.2, 0.25) is 0 Å². The lowest BCUT2D eigenvalue weighted by Crippen LogP contribution is -2.25. The lowest BCUT2D eigenvalue weighted by molar-refractivity contribution is 0.534. The van der Waals surface area contributed by atoms with Crippen LogP contribution in [0, 0.1) is 13.8 Å². The van der Waals surface area contributed by atoms with Crippen molar-refractivity contribution in [2.45, 2.75) is 46.7 Å². The van der Waals surface area contributed by atoms with Crippen molar-refractivity contribution in [3.05, 3.63) is 41.1 Å². The SMILES string of the molecule is CCC(C)NCc1c(C)c(C)nc2ccccc12. The second-order valence-electron chi connectivity index (χ2n) is 5.01. The Morgan fingerprint density at radius 1 is 1.22 bits per heavy atom. The molecule has 1 unspecified atom stereocenters. The largest absolute Gasteiger partial charge is 0.310 e. The molecule has 0 spiro atoms. The maximum absolute atomic E-state index is 4.66. The van der Waals surface area contributed by atoms with Gasteiger partial charge in [-0.2, -0.15) is 0 Å². The van der Waals surface area contributed by atoms with Crippen molar-refractivity contribution in [3.8, 4) is 0 Å². The van der Waals surface area contributed by atoms with Crippen LogP contribution in [-0.2, 0) is 6.54 Å². The van der Waals surface area contributed by atoms with Gasteiger partial charge in [-0.1, -0.05) is 25.1 Å². The highest BCUT2D eigenvalue weighted by Gasteiger charge is 2.09. The van der Waals surface area contributed by atoms with Crippen molar-refractivity contribution in [2.24, 2.45) is 0 Å². The fourth-order valence-electron chi connectivity index (χ4n) is 2.16.